The van der Waals surface area contributed by atoms with Crippen LogP contribution in [0.2, 0.25) is 5.02 Å². The van der Waals surface area contributed by atoms with Crippen molar-refractivity contribution >= 4 is 30.3 Å². The zero-order chi connectivity index (χ0) is 11.4. The Morgan fingerprint density at radius 1 is 1.35 bits per heavy atom. The van der Waals surface area contributed by atoms with Gasteiger partial charge in [-0.15, -0.1) is 12.4 Å². The number of hydrogen-bond acceptors (Lipinski definition) is 3. The van der Waals surface area contributed by atoms with Crippen molar-refractivity contribution in [1.29, 1.82) is 0 Å². The molecule has 5 heteroatoms. The van der Waals surface area contributed by atoms with Gasteiger partial charge in [0.05, 0.1) is 5.02 Å². The van der Waals surface area contributed by atoms with E-state index in [4.69, 9.17) is 16.3 Å². The van der Waals surface area contributed by atoms with Crippen molar-refractivity contribution in [2.24, 2.45) is 0 Å². The summed E-state index contributed by atoms with van der Waals surface area (Å²) < 4.78 is 5.80. The predicted molar refractivity (Wildman–Crippen MR) is 70.6 cm³/mol. The van der Waals surface area contributed by atoms with Crippen molar-refractivity contribution < 1.29 is 9.53 Å². The number of hydrogen-bond donors (Lipinski definition) is 1. The summed E-state index contributed by atoms with van der Waals surface area (Å²) in [7, 11) is 0. The maximum Gasteiger partial charge on any atom is 0.151 e. The molecule has 0 radical (unpaired) electrons. The van der Waals surface area contributed by atoms with Gasteiger partial charge in [-0.25, -0.2) is 0 Å². The first-order chi connectivity index (χ1) is 7.79. The third kappa shape index (κ3) is 3.87. The van der Waals surface area contributed by atoms with Crippen LogP contribution in [-0.4, -0.2) is 25.5 Å². The van der Waals surface area contributed by atoms with Crippen LogP contribution in [0.4, 0.5) is 0 Å². The van der Waals surface area contributed by atoms with Crippen LogP contribution in [0.1, 0.15) is 23.2 Å². The fraction of sp³-hybridized carbons (Fsp3) is 0.417. The van der Waals surface area contributed by atoms with Gasteiger partial charge in [-0.05, 0) is 44.1 Å². The summed E-state index contributed by atoms with van der Waals surface area (Å²) in [6.45, 7) is 1.98. The molecule has 3 nitrogen and oxygen atoms in total. The Hall–Kier alpha value is -0.770. The van der Waals surface area contributed by atoms with E-state index in [1.54, 1.807) is 18.2 Å². The molecule has 1 fully saturated rings. The minimum absolute atomic E-state index is 0. The molecule has 0 saturated carbocycles. The van der Waals surface area contributed by atoms with Gasteiger partial charge >= 0.3 is 0 Å². The highest BCUT2D eigenvalue weighted by atomic mass is 35.5. The summed E-state index contributed by atoms with van der Waals surface area (Å²) in [5.74, 6) is 0.738. The first-order valence-electron chi connectivity index (χ1n) is 5.41. The highest BCUT2D eigenvalue weighted by Crippen LogP contribution is 2.23. The van der Waals surface area contributed by atoms with Gasteiger partial charge in [0, 0.05) is 5.56 Å². The second kappa shape index (κ2) is 6.84. The van der Waals surface area contributed by atoms with Crippen LogP contribution in [-0.2, 0) is 0 Å². The molecular formula is C12H15Cl2NO2. The molecule has 0 spiro atoms. The Bertz CT molecular complexity index is 379. The van der Waals surface area contributed by atoms with Crippen LogP contribution in [0.25, 0.3) is 0 Å². The predicted octanol–water partition coefficient (Wildman–Crippen LogP) is 2.71. The molecule has 0 aromatic heterocycles. The van der Waals surface area contributed by atoms with E-state index >= 15 is 0 Å². The minimum atomic E-state index is 0. The number of piperidine rings is 1. The molecule has 0 amide bonds. The molecule has 17 heavy (non-hydrogen) atoms. The van der Waals surface area contributed by atoms with E-state index < -0.39 is 0 Å². The largest absolute Gasteiger partial charge is 0.490 e. The molecule has 1 saturated heterocycles. The minimum Gasteiger partial charge on any atom is -0.490 e. The molecule has 0 aliphatic carbocycles. The van der Waals surface area contributed by atoms with Crippen LogP contribution in [0, 0.1) is 0 Å². The second-order valence-corrected chi connectivity index (χ2v) is 4.28. The molecule has 0 unspecified atom stereocenters. The van der Waals surface area contributed by atoms with Gasteiger partial charge in [-0.1, -0.05) is 11.6 Å². The lowest BCUT2D eigenvalue weighted by atomic mass is 10.1. The zero-order valence-corrected chi connectivity index (χ0v) is 10.9. The molecule has 1 N–H and O–H groups in total. The van der Waals surface area contributed by atoms with Gasteiger partial charge in [-0.2, -0.15) is 0 Å². The van der Waals surface area contributed by atoms with Crippen molar-refractivity contribution in [3.8, 4) is 5.75 Å². The summed E-state index contributed by atoms with van der Waals surface area (Å²) >= 11 is 5.92. The van der Waals surface area contributed by atoms with Crippen molar-refractivity contribution in [3.05, 3.63) is 28.8 Å². The Morgan fingerprint density at radius 3 is 2.65 bits per heavy atom. The molecule has 1 aliphatic rings. The number of ether oxygens (including phenoxy) is 1. The molecule has 1 heterocycles. The van der Waals surface area contributed by atoms with Gasteiger partial charge in [0.1, 0.15) is 11.9 Å². The summed E-state index contributed by atoms with van der Waals surface area (Å²) in [5.41, 5.74) is 0.499. The van der Waals surface area contributed by atoms with Crippen LogP contribution in [0.3, 0.4) is 0 Å². The SMILES string of the molecule is Cl.O=Cc1ccc(OC2CCNCC2)cc1Cl. The second-order valence-electron chi connectivity index (χ2n) is 3.87. The first-order valence-corrected chi connectivity index (χ1v) is 5.79. The molecule has 94 valence electrons. The van der Waals surface area contributed by atoms with Crippen LogP contribution in [0.5, 0.6) is 5.75 Å². The van der Waals surface area contributed by atoms with Crippen molar-refractivity contribution in [2.45, 2.75) is 18.9 Å². The smallest absolute Gasteiger partial charge is 0.151 e. The lowest BCUT2D eigenvalue weighted by molar-refractivity contribution is 0.112. The van der Waals surface area contributed by atoms with Crippen LogP contribution < -0.4 is 10.1 Å². The van der Waals surface area contributed by atoms with Gasteiger partial charge in [0.15, 0.2) is 6.29 Å². The number of carbonyl (C=O) groups is 1. The maximum atomic E-state index is 10.6. The molecule has 0 atom stereocenters. The molecule has 1 aromatic carbocycles. The fourth-order valence-electron chi connectivity index (χ4n) is 1.78. The molecule has 2 rings (SSSR count). The lowest BCUT2D eigenvalue weighted by Gasteiger charge is -2.23. The first kappa shape index (κ1) is 14.3. The number of nitrogens with one attached hydrogen (secondary N) is 1. The topological polar surface area (TPSA) is 38.3 Å². The number of aldehydes is 1. The standard InChI is InChI=1S/C12H14ClNO2.ClH/c13-12-7-11(2-1-9(12)8-15)16-10-3-5-14-6-4-10;/h1-2,7-8,10,14H,3-6H2;1H. The Kier molecular flexibility index (Phi) is 5.75. The molecular weight excluding hydrogens is 261 g/mol. The van der Waals surface area contributed by atoms with Crippen molar-refractivity contribution in [2.75, 3.05) is 13.1 Å². The third-order valence-corrected chi connectivity index (χ3v) is 3.02. The maximum absolute atomic E-state index is 10.6. The van der Waals surface area contributed by atoms with Gasteiger partial charge in [0.25, 0.3) is 0 Å². The summed E-state index contributed by atoms with van der Waals surface area (Å²) in [6, 6.07) is 5.18. The third-order valence-electron chi connectivity index (χ3n) is 2.69. The fourth-order valence-corrected chi connectivity index (χ4v) is 2.00. The van der Waals surface area contributed by atoms with E-state index in [0.29, 0.717) is 10.6 Å². The average molecular weight is 276 g/mol. The summed E-state index contributed by atoms with van der Waals surface area (Å²) in [5, 5.41) is 3.72. The van der Waals surface area contributed by atoms with E-state index in [1.807, 2.05) is 0 Å². The van der Waals surface area contributed by atoms with E-state index in [2.05, 4.69) is 5.32 Å². The van der Waals surface area contributed by atoms with Crippen molar-refractivity contribution in [3.63, 3.8) is 0 Å². The number of benzene rings is 1. The molecule has 1 aliphatic heterocycles. The summed E-state index contributed by atoms with van der Waals surface area (Å²) in [4.78, 5) is 10.6. The van der Waals surface area contributed by atoms with Gasteiger partial charge in [0.2, 0.25) is 0 Å². The monoisotopic (exact) mass is 275 g/mol. The van der Waals surface area contributed by atoms with Gasteiger partial charge in [-0.3, -0.25) is 4.79 Å². The lowest BCUT2D eigenvalue weighted by Crippen LogP contribution is -2.34. The molecule has 1 aromatic rings. The quantitative estimate of drug-likeness (QED) is 0.863. The van der Waals surface area contributed by atoms with Gasteiger partial charge < -0.3 is 10.1 Å². The number of rotatable bonds is 3. The van der Waals surface area contributed by atoms with Crippen LogP contribution in [0.15, 0.2) is 18.2 Å². The van der Waals surface area contributed by atoms with E-state index in [0.717, 1.165) is 38.0 Å². The highest BCUT2D eigenvalue weighted by Gasteiger charge is 2.14. The summed E-state index contributed by atoms with van der Waals surface area (Å²) in [6.07, 6.45) is 3.01. The Morgan fingerprint density at radius 2 is 2.06 bits per heavy atom. The average Bonchev–Trinajstić information content (AvgIpc) is 2.31. The molecule has 0 bridgehead atoms. The van der Waals surface area contributed by atoms with E-state index in [1.165, 1.54) is 0 Å². The Balaban J connectivity index is 0.00000144. The zero-order valence-electron chi connectivity index (χ0n) is 9.32. The number of carbonyl (C=O) groups excluding carboxylic acids is 1. The van der Waals surface area contributed by atoms with Crippen LogP contribution >= 0.6 is 24.0 Å². The van der Waals surface area contributed by atoms with E-state index in [-0.39, 0.29) is 18.5 Å². The normalized spacial score (nSPS) is 16.1. The number of halogens is 2. The van der Waals surface area contributed by atoms with Crippen molar-refractivity contribution in [1.82, 2.24) is 5.32 Å². The van der Waals surface area contributed by atoms with E-state index in [9.17, 15) is 4.79 Å². The highest BCUT2D eigenvalue weighted by molar-refractivity contribution is 6.33. The Labute approximate surface area is 112 Å².